The largest absolute Gasteiger partial charge is 0.392 e. The van der Waals surface area contributed by atoms with E-state index in [1.54, 1.807) is 0 Å². The maximum atomic E-state index is 10.1. The van der Waals surface area contributed by atoms with Crippen molar-refractivity contribution in [1.82, 2.24) is 5.32 Å². The van der Waals surface area contributed by atoms with Gasteiger partial charge in [0.1, 0.15) is 0 Å². The molecule has 1 rings (SSSR count). The quantitative estimate of drug-likeness (QED) is 0.669. The number of carbonyl (C=O) groups is 1. The van der Waals surface area contributed by atoms with Crippen molar-refractivity contribution in [3.8, 4) is 0 Å². The highest BCUT2D eigenvalue weighted by atomic mass is 16.3. The molecule has 0 saturated heterocycles. The van der Waals surface area contributed by atoms with Gasteiger partial charge in [-0.25, -0.2) is 0 Å². The molecule has 0 heterocycles. The molecule has 0 bridgehead atoms. The summed E-state index contributed by atoms with van der Waals surface area (Å²) in [7, 11) is 0. The minimum atomic E-state index is 0.0578. The minimum absolute atomic E-state index is 0.0578. The Balaban J connectivity index is 2.78. The Labute approximate surface area is 77.4 Å². The molecule has 3 heteroatoms. The Morgan fingerprint density at radius 2 is 2.31 bits per heavy atom. The van der Waals surface area contributed by atoms with E-state index in [0.29, 0.717) is 13.0 Å². The third-order valence-electron chi connectivity index (χ3n) is 1.97. The van der Waals surface area contributed by atoms with Gasteiger partial charge >= 0.3 is 0 Å². The van der Waals surface area contributed by atoms with Crippen LogP contribution in [0.2, 0.25) is 0 Å². The highest BCUT2D eigenvalue weighted by Gasteiger charge is 1.98. The average Bonchev–Trinajstić information content (AvgIpc) is 2.16. The number of benzene rings is 1. The number of aliphatic hydroxyl groups excluding tert-OH is 1. The first-order valence-corrected chi connectivity index (χ1v) is 4.14. The summed E-state index contributed by atoms with van der Waals surface area (Å²) in [4.78, 5) is 10.1. The van der Waals surface area contributed by atoms with Gasteiger partial charge in [-0.05, 0) is 23.6 Å². The summed E-state index contributed by atoms with van der Waals surface area (Å²) in [6.07, 6.45) is 0.680. The fourth-order valence-electron chi connectivity index (χ4n) is 1.21. The van der Waals surface area contributed by atoms with E-state index in [2.05, 4.69) is 5.32 Å². The Morgan fingerprint density at radius 3 is 2.85 bits per heavy atom. The number of hydrogen-bond acceptors (Lipinski definition) is 2. The van der Waals surface area contributed by atoms with Gasteiger partial charge in [-0.2, -0.15) is 0 Å². The number of carbonyl (C=O) groups excluding carboxylic acids is 1. The maximum absolute atomic E-state index is 10.1. The molecule has 0 saturated carbocycles. The summed E-state index contributed by atoms with van der Waals surface area (Å²) in [5.74, 6) is 0. The van der Waals surface area contributed by atoms with E-state index in [9.17, 15) is 4.79 Å². The zero-order valence-corrected chi connectivity index (χ0v) is 7.58. The minimum Gasteiger partial charge on any atom is -0.392 e. The van der Waals surface area contributed by atoms with E-state index in [1.807, 2.05) is 25.1 Å². The number of rotatable bonds is 4. The molecule has 0 unspecified atom stereocenters. The monoisotopic (exact) mass is 179 g/mol. The Kier molecular flexibility index (Phi) is 3.46. The summed E-state index contributed by atoms with van der Waals surface area (Å²) in [5.41, 5.74) is 3.05. The summed E-state index contributed by atoms with van der Waals surface area (Å²) in [6.45, 7) is 2.56. The Hall–Kier alpha value is -1.35. The molecule has 1 aromatic carbocycles. The molecule has 3 nitrogen and oxygen atoms in total. The second-order valence-corrected chi connectivity index (χ2v) is 2.92. The third-order valence-corrected chi connectivity index (χ3v) is 1.97. The smallest absolute Gasteiger partial charge is 0.207 e. The van der Waals surface area contributed by atoms with E-state index in [-0.39, 0.29) is 6.61 Å². The van der Waals surface area contributed by atoms with Crippen molar-refractivity contribution in [3.05, 3.63) is 34.9 Å². The maximum Gasteiger partial charge on any atom is 0.207 e. The van der Waals surface area contributed by atoms with Crippen molar-refractivity contribution < 1.29 is 9.90 Å². The van der Waals surface area contributed by atoms with Gasteiger partial charge in [0.05, 0.1) is 6.61 Å². The zero-order valence-electron chi connectivity index (χ0n) is 7.58. The molecule has 1 amide bonds. The molecule has 13 heavy (non-hydrogen) atoms. The van der Waals surface area contributed by atoms with Crippen LogP contribution in [0.5, 0.6) is 0 Å². The second-order valence-electron chi connectivity index (χ2n) is 2.92. The summed E-state index contributed by atoms with van der Waals surface area (Å²) in [6, 6.07) is 5.69. The van der Waals surface area contributed by atoms with E-state index in [4.69, 9.17) is 5.11 Å². The van der Waals surface area contributed by atoms with E-state index >= 15 is 0 Å². The molecule has 0 spiro atoms. The van der Waals surface area contributed by atoms with Crippen molar-refractivity contribution in [2.75, 3.05) is 0 Å². The second kappa shape index (κ2) is 4.62. The van der Waals surface area contributed by atoms with Gasteiger partial charge in [-0.15, -0.1) is 0 Å². The summed E-state index contributed by atoms with van der Waals surface area (Å²) < 4.78 is 0. The SMILES string of the molecule is Cc1cc(CO)ccc1CNC=O. The molecule has 0 radical (unpaired) electrons. The van der Waals surface area contributed by atoms with E-state index in [1.165, 1.54) is 0 Å². The predicted molar refractivity (Wildman–Crippen MR) is 50.0 cm³/mol. The first-order valence-electron chi connectivity index (χ1n) is 4.14. The van der Waals surface area contributed by atoms with Gasteiger partial charge in [0.2, 0.25) is 6.41 Å². The van der Waals surface area contributed by atoms with Crippen LogP contribution in [-0.4, -0.2) is 11.5 Å². The fourth-order valence-corrected chi connectivity index (χ4v) is 1.21. The molecule has 0 fully saturated rings. The van der Waals surface area contributed by atoms with Crippen LogP contribution in [0.3, 0.4) is 0 Å². The molecule has 70 valence electrons. The number of aliphatic hydroxyl groups is 1. The molecular weight excluding hydrogens is 166 g/mol. The molecule has 0 aliphatic carbocycles. The van der Waals surface area contributed by atoms with Gasteiger partial charge < -0.3 is 10.4 Å². The first kappa shape index (κ1) is 9.74. The van der Waals surface area contributed by atoms with Crippen LogP contribution in [0, 0.1) is 6.92 Å². The highest BCUT2D eigenvalue weighted by Crippen LogP contribution is 2.10. The van der Waals surface area contributed by atoms with Crippen LogP contribution in [0.15, 0.2) is 18.2 Å². The highest BCUT2D eigenvalue weighted by molar-refractivity contribution is 5.46. The molecule has 2 N–H and O–H groups in total. The van der Waals surface area contributed by atoms with Crippen LogP contribution in [-0.2, 0) is 17.9 Å². The van der Waals surface area contributed by atoms with Gasteiger partial charge in [0, 0.05) is 6.54 Å². The average molecular weight is 179 g/mol. The standard InChI is InChI=1S/C10H13NO2/c1-8-4-9(6-12)2-3-10(8)5-11-7-13/h2-4,7,12H,5-6H2,1H3,(H,11,13). The molecular formula is C10H13NO2. The molecule has 0 aromatic heterocycles. The molecule has 1 aromatic rings. The summed E-state index contributed by atoms with van der Waals surface area (Å²) >= 11 is 0. The topological polar surface area (TPSA) is 49.3 Å². The number of hydrogen-bond donors (Lipinski definition) is 2. The summed E-state index contributed by atoms with van der Waals surface area (Å²) in [5, 5.41) is 11.5. The Bertz CT molecular complexity index is 297. The van der Waals surface area contributed by atoms with Crippen LogP contribution in [0.1, 0.15) is 16.7 Å². The lowest BCUT2D eigenvalue weighted by Gasteiger charge is -2.06. The number of nitrogens with one attached hydrogen (secondary N) is 1. The van der Waals surface area contributed by atoms with Crippen LogP contribution in [0.25, 0.3) is 0 Å². The lowest BCUT2D eigenvalue weighted by atomic mass is 10.1. The lowest BCUT2D eigenvalue weighted by Crippen LogP contribution is -2.10. The molecule has 0 aliphatic rings. The van der Waals surface area contributed by atoms with Gasteiger partial charge in [-0.1, -0.05) is 18.2 Å². The normalized spacial score (nSPS) is 9.69. The van der Waals surface area contributed by atoms with Crippen molar-refractivity contribution in [1.29, 1.82) is 0 Å². The third kappa shape index (κ3) is 2.56. The number of amides is 1. The van der Waals surface area contributed by atoms with Crippen molar-refractivity contribution >= 4 is 6.41 Å². The van der Waals surface area contributed by atoms with Crippen LogP contribution < -0.4 is 5.32 Å². The van der Waals surface area contributed by atoms with Crippen LogP contribution >= 0.6 is 0 Å². The fraction of sp³-hybridized carbons (Fsp3) is 0.300. The van der Waals surface area contributed by atoms with Gasteiger partial charge in [0.15, 0.2) is 0 Å². The number of aryl methyl sites for hydroxylation is 1. The predicted octanol–water partition coefficient (Wildman–Crippen LogP) is 0.733. The lowest BCUT2D eigenvalue weighted by molar-refractivity contribution is -0.109. The molecule has 0 aliphatic heterocycles. The first-order chi connectivity index (χ1) is 6.27. The van der Waals surface area contributed by atoms with Gasteiger partial charge in [-0.3, -0.25) is 4.79 Å². The van der Waals surface area contributed by atoms with Crippen molar-refractivity contribution in [3.63, 3.8) is 0 Å². The van der Waals surface area contributed by atoms with Crippen molar-refractivity contribution in [2.45, 2.75) is 20.1 Å². The van der Waals surface area contributed by atoms with Gasteiger partial charge in [0.25, 0.3) is 0 Å². The van der Waals surface area contributed by atoms with Crippen LogP contribution in [0.4, 0.5) is 0 Å². The van der Waals surface area contributed by atoms with E-state index in [0.717, 1.165) is 16.7 Å². The Morgan fingerprint density at radius 1 is 1.54 bits per heavy atom. The van der Waals surface area contributed by atoms with Crippen molar-refractivity contribution in [2.24, 2.45) is 0 Å². The zero-order chi connectivity index (χ0) is 9.68. The van der Waals surface area contributed by atoms with E-state index < -0.39 is 0 Å². The molecule has 0 atom stereocenters.